The third-order valence-corrected chi connectivity index (χ3v) is 3.51. The average molecular weight is 269 g/mol. The van der Waals surface area contributed by atoms with Crippen LogP contribution in [0, 0.1) is 0 Å². The molecule has 102 valence electrons. The summed E-state index contributed by atoms with van der Waals surface area (Å²) in [5.74, 6) is 0. The fourth-order valence-corrected chi connectivity index (χ4v) is 2.08. The molecule has 3 nitrogen and oxygen atoms in total. The van der Waals surface area contributed by atoms with Gasteiger partial charge in [0.1, 0.15) is 0 Å². The average Bonchev–Trinajstić information content (AvgIpc) is 2.42. The van der Waals surface area contributed by atoms with Crippen LogP contribution in [0.4, 0.5) is 0 Å². The Hall–Kier alpha value is -0.550. The Balaban J connectivity index is 2.21. The van der Waals surface area contributed by atoms with Gasteiger partial charge in [0, 0.05) is 17.5 Å². The van der Waals surface area contributed by atoms with Gasteiger partial charge in [0.2, 0.25) is 0 Å². The highest BCUT2D eigenvalue weighted by molar-refractivity contribution is 7.98. The summed E-state index contributed by atoms with van der Waals surface area (Å²) >= 11 is 1.76. The van der Waals surface area contributed by atoms with E-state index < -0.39 is 0 Å². The highest BCUT2D eigenvalue weighted by Crippen LogP contribution is 2.18. The van der Waals surface area contributed by atoms with Crippen LogP contribution < -0.4 is 5.32 Å². The second kappa shape index (κ2) is 9.39. The van der Waals surface area contributed by atoms with Gasteiger partial charge in [-0.05, 0) is 43.8 Å². The molecule has 0 aliphatic carbocycles. The summed E-state index contributed by atoms with van der Waals surface area (Å²) in [6.07, 6.45) is 3.05. The van der Waals surface area contributed by atoms with Crippen molar-refractivity contribution in [1.29, 1.82) is 0 Å². The first-order valence-corrected chi connectivity index (χ1v) is 7.56. The summed E-state index contributed by atoms with van der Waals surface area (Å²) in [7, 11) is 0. The molecular formula is C14H23NO2S. The normalized spacial score (nSPS) is 12.6. The lowest BCUT2D eigenvalue weighted by Gasteiger charge is -2.14. The van der Waals surface area contributed by atoms with E-state index in [9.17, 15) is 0 Å². The first-order chi connectivity index (χ1) is 8.77. The molecule has 1 unspecified atom stereocenters. The molecule has 1 aromatic carbocycles. The van der Waals surface area contributed by atoms with Crippen molar-refractivity contribution >= 4 is 11.8 Å². The molecule has 0 fully saturated rings. The van der Waals surface area contributed by atoms with Crippen molar-refractivity contribution in [2.75, 3.05) is 32.6 Å². The van der Waals surface area contributed by atoms with Crippen molar-refractivity contribution in [3.63, 3.8) is 0 Å². The van der Waals surface area contributed by atoms with E-state index in [1.165, 1.54) is 10.5 Å². The molecule has 1 atom stereocenters. The number of aliphatic hydroxyl groups excluding tert-OH is 1. The first kappa shape index (κ1) is 15.5. The smallest absolute Gasteiger partial charge is 0.0697 e. The monoisotopic (exact) mass is 269 g/mol. The van der Waals surface area contributed by atoms with E-state index in [0.29, 0.717) is 19.3 Å². The maximum atomic E-state index is 8.56. The number of ether oxygens (including phenoxy) is 1. The predicted molar refractivity (Wildman–Crippen MR) is 77.2 cm³/mol. The van der Waals surface area contributed by atoms with Crippen molar-refractivity contribution < 1.29 is 9.84 Å². The number of rotatable bonds is 9. The van der Waals surface area contributed by atoms with Crippen molar-refractivity contribution in [2.24, 2.45) is 0 Å². The number of nitrogens with one attached hydrogen (secondary N) is 1. The quantitative estimate of drug-likeness (QED) is 0.534. The molecule has 4 heteroatoms. The largest absolute Gasteiger partial charge is 0.394 e. The van der Waals surface area contributed by atoms with Crippen molar-refractivity contribution in [1.82, 2.24) is 5.32 Å². The lowest BCUT2D eigenvalue weighted by atomic mass is 10.1. The molecule has 1 rings (SSSR count). The molecule has 0 heterocycles. The summed E-state index contributed by atoms with van der Waals surface area (Å²) < 4.78 is 5.21. The van der Waals surface area contributed by atoms with Gasteiger partial charge in [-0.25, -0.2) is 0 Å². The van der Waals surface area contributed by atoms with E-state index in [4.69, 9.17) is 9.84 Å². The van der Waals surface area contributed by atoms with Crippen LogP contribution in [0.2, 0.25) is 0 Å². The van der Waals surface area contributed by atoms with Gasteiger partial charge in [-0.3, -0.25) is 0 Å². The minimum absolute atomic E-state index is 0.103. The second-order valence-electron chi connectivity index (χ2n) is 4.14. The summed E-state index contributed by atoms with van der Waals surface area (Å²) in [6.45, 7) is 4.34. The summed E-state index contributed by atoms with van der Waals surface area (Å²) in [4.78, 5) is 1.29. The Bertz CT molecular complexity index is 316. The van der Waals surface area contributed by atoms with Crippen LogP contribution in [-0.2, 0) is 4.74 Å². The third-order valence-electron chi connectivity index (χ3n) is 2.77. The van der Waals surface area contributed by atoms with Crippen molar-refractivity contribution in [3.05, 3.63) is 29.8 Å². The van der Waals surface area contributed by atoms with Gasteiger partial charge < -0.3 is 15.2 Å². The van der Waals surface area contributed by atoms with Gasteiger partial charge in [0.25, 0.3) is 0 Å². The van der Waals surface area contributed by atoms with Gasteiger partial charge in [0.05, 0.1) is 13.2 Å². The first-order valence-electron chi connectivity index (χ1n) is 6.34. The molecule has 0 spiro atoms. The van der Waals surface area contributed by atoms with Gasteiger partial charge in [-0.2, -0.15) is 0 Å². The highest BCUT2D eigenvalue weighted by Gasteiger charge is 2.03. The van der Waals surface area contributed by atoms with Crippen LogP contribution in [0.15, 0.2) is 29.2 Å². The zero-order valence-electron chi connectivity index (χ0n) is 11.2. The van der Waals surface area contributed by atoms with Crippen LogP contribution in [0.5, 0.6) is 0 Å². The minimum Gasteiger partial charge on any atom is -0.394 e. The molecule has 0 aromatic heterocycles. The van der Waals surface area contributed by atoms with E-state index in [1.54, 1.807) is 11.8 Å². The number of hydrogen-bond donors (Lipinski definition) is 2. The standard InChI is InChI=1S/C14H23NO2S/c1-12(15-8-3-10-17-11-9-16)13-4-6-14(18-2)7-5-13/h4-7,12,15-16H,3,8-11H2,1-2H3. The van der Waals surface area contributed by atoms with Gasteiger partial charge in [0.15, 0.2) is 0 Å². The number of aliphatic hydroxyl groups is 1. The van der Waals surface area contributed by atoms with E-state index >= 15 is 0 Å². The molecule has 0 bridgehead atoms. The van der Waals surface area contributed by atoms with E-state index in [0.717, 1.165) is 13.0 Å². The SMILES string of the molecule is CSc1ccc(C(C)NCCCOCCO)cc1. The zero-order valence-corrected chi connectivity index (χ0v) is 12.0. The predicted octanol–water partition coefficient (Wildman–Crippen LogP) is 2.46. The lowest BCUT2D eigenvalue weighted by molar-refractivity contribution is 0.0904. The Morgan fingerprint density at radius 2 is 2.00 bits per heavy atom. The number of hydrogen-bond acceptors (Lipinski definition) is 4. The van der Waals surface area contributed by atoms with Crippen molar-refractivity contribution in [2.45, 2.75) is 24.3 Å². The molecule has 2 N–H and O–H groups in total. The molecule has 0 amide bonds. The molecule has 0 radical (unpaired) electrons. The molecular weight excluding hydrogens is 246 g/mol. The fourth-order valence-electron chi connectivity index (χ4n) is 1.67. The highest BCUT2D eigenvalue weighted by atomic mass is 32.2. The summed E-state index contributed by atoms with van der Waals surface area (Å²) in [5.41, 5.74) is 1.31. The Labute approximate surface area is 114 Å². The van der Waals surface area contributed by atoms with Gasteiger partial charge in [-0.1, -0.05) is 12.1 Å². The minimum atomic E-state index is 0.103. The molecule has 0 saturated heterocycles. The Morgan fingerprint density at radius 1 is 1.28 bits per heavy atom. The summed E-state index contributed by atoms with van der Waals surface area (Å²) in [6, 6.07) is 9.02. The fraction of sp³-hybridized carbons (Fsp3) is 0.571. The maximum Gasteiger partial charge on any atom is 0.0697 e. The number of benzene rings is 1. The Kier molecular flexibility index (Phi) is 8.09. The molecule has 18 heavy (non-hydrogen) atoms. The van der Waals surface area contributed by atoms with Crippen LogP contribution in [0.1, 0.15) is 24.9 Å². The number of thioether (sulfide) groups is 1. The van der Waals surface area contributed by atoms with E-state index in [2.05, 4.69) is 42.8 Å². The van der Waals surface area contributed by atoms with Gasteiger partial charge >= 0.3 is 0 Å². The second-order valence-corrected chi connectivity index (χ2v) is 5.02. The zero-order chi connectivity index (χ0) is 13.2. The third kappa shape index (κ3) is 5.87. The van der Waals surface area contributed by atoms with E-state index in [-0.39, 0.29) is 6.61 Å². The van der Waals surface area contributed by atoms with Crippen LogP contribution >= 0.6 is 11.8 Å². The maximum absolute atomic E-state index is 8.56. The topological polar surface area (TPSA) is 41.5 Å². The molecule has 0 aliphatic rings. The summed E-state index contributed by atoms with van der Waals surface area (Å²) in [5, 5.41) is 12.0. The van der Waals surface area contributed by atoms with Gasteiger partial charge in [-0.15, -0.1) is 11.8 Å². The van der Waals surface area contributed by atoms with Crippen molar-refractivity contribution in [3.8, 4) is 0 Å². The molecule has 1 aromatic rings. The molecule has 0 aliphatic heterocycles. The van der Waals surface area contributed by atoms with Crippen LogP contribution in [-0.4, -0.2) is 37.7 Å². The van der Waals surface area contributed by atoms with Crippen LogP contribution in [0.3, 0.4) is 0 Å². The Morgan fingerprint density at radius 3 is 2.61 bits per heavy atom. The lowest BCUT2D eigenvalue weighted by Crippen LogP contribution is -2.21. The van der Waals surface area contributed by atoms with Crippen LogP contribution in [0.25, 0.3) is 0 Å². The van der Waals surface area contributed by atoms with E-state index in [1.807, 2.05) is 0 Å². The molecule has 0 saturated carbocycles.